The molecule has 0 spiro atoms. The molecule has 0 aromatic carbocycles. The largest absolute Gasteiger partial charge is 0.306 e. The fourth-order valence-corrected chi connectivity index (χ4v) is 1.91. The second kappa shape index (κ2) is 5.55. The summed E-state index contributed by atoms with van der Waals surface area (Å²) in [5.41, 5.74) is 2.19. The number of aryl methyl sites for hydroxylation is 2. The quantitative estimate of drug-likeness (QED) is 0.861. The van der Waals surface area contributed by atoms with Crippen LogP contribution in [0.15, 0.2) is 24.4 Å². The Labute approximate surface area is 120 Å². The van der Waals surface area contributed by atoms with Crippen LogP contribution in [-0.4, -0.2) is 15.9 Å². The molecule has 0 saturated heterocycles. The molecular weight excluding hydrogens is 285 g/mol. The van der Waals surface area contributed by atoms with Crippen LogP contribution in [0.25, 0.3) is 0 Å². The molecule has 0 aliphatic rings. The third-order valence-electron chi connectivity index (χ3n) is 2.40. The lowest BCUT2D eigenvalue weighted by atomic mass is 10.2. The van der Waals surface area contributed by atoms with E-state index in [0.29, 0.717) is 11.4 Å². The number of hydrogen-bond donors (Lipinski definition) is 1. The number of carbonyl (C=O) groups is 1. The van der Waals surface area contributed by atoms with E-state index in [0.717, 1.165) is 11.3 Å². The van der Waals surface area contributed by atoms with Gasteiger partial charge in [-0.15, -0.1) is 0 Å². The van der Waals surface area contributed by atoms with Crippen molar-refractivity contribution in [2.45, 2.75) is 13.8 Å². The maximum Gasteiger partial charge on any atom is 0.258 e. The van der Waals surface area contributed by atoms with Crippen LogP contribution < -0.4 is 5.32 Å². The fourth-order valence-electron chi connectivity index (χ4n) is 1.64. The van der Waals surface area contributed by atoms with E-state index in [-0.39, 0.29) is 16.1 Å². The maximum absolute atomic E-state index is 12.0. The summed E-state index contributed by atoms with van der Waals surface area (Å²) < 4.78 is 0. The summed E-state index contributed by atoms with van der Waals surface area (Å²) in [6, 6.07) is 5.18. The smallest absolute Gasteiger partial charge is 0.258 e. The van der Waals surface area contributed by atoms with E-state index in [4.69, 9.17) is 23.2 Å². The molecule has 2 aromatic rings. The molecule has 0 fully saturated rings. The molecule has 0 bridgehead atoms. The first-order chi connectivity index (χ1) is 8.95. The third kappa shape index (κ3) is 3.43. The Hall–Kier alpha value is -1.65. The molecule has 0 radical (unpaired) electrons. The Morgan fingerprint density at radius 1 is 1.21 bits per heavy atom. The van der Waals surface area contributed by atoms with Crippen LogP contribution in [0, 0.1) is 13.8 Å². The minimum atomic E-state index is -0.330. The van der Waals surface area contributed by atoms with Crippen molar-refractivity contribution < 1.29 is 4.79 Å². The van der Waals surface area contributed by atoms with Gasteiger partial charge in [0.25, 0.3) is 5.91 Å². The summed E-state index contributed by atoms with van der Waals surface area (Å²) in [6.45, 7) is 3.80. The predicted octanol–water partition coefficient (Wildman–Crippen LogP) is 3.65. The molecule has 2 aromatic heterocycles. The van der Waals surface area contributed by atoms with Crippen LogP contribution in [-0.2, 0) is 0 Å². The molecule has 1 N–H and O–H groups in total. The molecule has 1 amide bonds. The highest BCUT2D eigenvalue weighted by Crippen LogP contribution is 2.20. The Kier molecular flexibility index (Phi) is 4.02. The SMILES string of the molecule is Cc1cc(C)nc(NC(=O)c2cnc(Cl)c(Cl)c2)c1. The molecule has 4 nitrogen and oxygen atoms in total. The molecule has 0 aliphatic heterocycles. The number of hydrogen-bond acceptors (Lipinski definition) is 3. The molecular formula is C13H11Cl2N3O. The van der Waals surface area contributed by atoms with Crippen LogP contribution >= 0.6 is 23.2 Å². The average molecular weight is 296 g/mol. The fraction of sp³-hybridized carbons (Fsp3) is 0.154. The summed E-state index contributed by atoms with van der Waals surface area (Å²) in [5, 5.41) is 3.10. The van der Waals surface area contributed by atoms with E-state index >= 15 is 0 Å². The number of amides is 1. The van der Waals surface area contributed by atoms with Crippen molar-refractivity contribution in [3.63, 3.8) is 0 Å². The van der Waals surface area contributed by atoms with Crippen LogP contribution in [0.2, 0.25) is 10.2 Å². The van der Waals surface area contributed by atoms with Crippen LogP contribution in [0.5, 0.6) is 0 Å². The zero-order valence-electron chi connectivity index (χ0n) is 10.4. The van der Waals surface area contributed by atoms with Gasteiger partial charge >= 0.3 is 0 Å². The summed E-state index contributed by atoms with van der Waals surface area (Å²) in [7, 11) is 0. The summed E-state index contributed by atoms with van der Waals surface area (Å²) >= 11 is 11.5. The van der Waals surface area contributed by atoms with E-state index in [1.165, 1.54) is 12.3 Å². The molecule has 0 unspecified atom stereocenters. The van der Waals surface area contributed by atoms with Gasteiger partial charge in [-0.3, -0.25) is 4.79 Å². The molecule has 0 atom stereocenters. The van der Waals surface area contributed by atoms with Crippen molar-refractivity contribution in [1.82, 2.24) is 9.97 Å². The second-order valence-corrected chi connectivity index (χ2v) is 4.89. The minimum Gasteiger partial charge on any atom is -0.306 e. The van der Waals surface area contributed by atoms with E-state index in [1.807, 2.05) is 19.9 Å². The first-order valence-electron chi connectivity index (χ1n) is 5.53. The lowest BCUT2D eigenvalue weighted by molar-refractivity contribution is 0.102. The van der Waals surface area contributed by atoms with Crippen LogP contribution in [0.4, 0.5) is 5.82 Å². The first kappa shape index (κ1) is 13.8. The molecule has 0 aliphatic carbocycles. The monoisotopic (exact) mass is 295 g/mol. The maximum atomic E-state index is 12.0. The Morgan fingerprint density at radius 2 is 1.95 bits per heavy atom. The number of anilines is 1. The zero-order valence-corrected chi connectivity index (χ0v) is 11.9. The van der Waals surface area contributed by atoms with E-state index in [9.17, 15) is 4.79 Å². The molecule has 2 rings (SSSR count). The topological polar surface area (TPSA) is 54.9 Å². The van der Waals surface area contributed by atoms with Gasteiger partial charge in [-0.1, -0.05) is 23.2 Å². The second-order valence-electron chi connectivity index (χ2n) is 4.12. The van der Waals surface area contributed by atoms with E-state index < -0.39 is 0 Å². The number of nitrogens with one attached hydrogen (secondary N) is 1. The summed E-state index contributed by atoms with van der Waals surface area (Å²) in [4.78, 5) is 20.1. The van der Waals surface area contributed by atoms with Crippen molar-refractivity contribution in [2.75, 3.05) is 5.32 Å². The number of pyridine rings is 2. The van der Waals surface area contributed by atoms with Gasteiger partial charge in [0, 0.05) is 11.9 Å². The number of nitrogens with zero attached hydrogens (tertiary/aromatic N) is 2. The summed E-state index contributed by atoms with van der Waals surface area (Å²) in [6.07, 6.45) is 1.37. The Balaban J connectivity index is 2.22. The van der Waals surface area contributed by atoms with Gasteiger partial charge in [0.2, 0.25) is 0 Å². The lowest BCUT2D eigenvalue weighted by Crippen LogP contribution is -2.13. The number of aromatic nitrogens is 2. The van der Waals surface area contributed by atoms with Crippen LogP contribution in [0.3, 0.4) is 0 Å². The van der Waals surface area contributed by atoms with E-state index in [2.05, 4.69) is 15.3 Å². The minimum absolute atomic E-state index is 0.169. The van der Waals surface area contributed by atoms with Crippen molar-refractivity contribution in [1.29, 1.82) is 0 Å². The summed E-state index contributed by atoms with van der Waals surface area (Å²) in [5.74, 6) is 0.164. The van der Waals surface area contributed by atoms with Gasteiger partial charge in [0.05, 0.1) is 10.6 Å². The lowest BCUT2D eigenvalue weighted by Gasteiger charge is -2.07. The molecule has 19 heavy (non-hydrogen) atoms. The van der Waals surface area contributed by atoms with Crippen molar-refractivity contribution in [2.24, 2.45) is 0 Å². The Morgan fingerprint density at radius 3 is 2.58 bits per heavy atom. The van der Waals surface area contributed by atoms with Crippen molar-refractivity contribution in [3.8, 4) is 0 Å². The average Bonchev–Trinajstić information content (AvgIpc) is 2.31. The highest BCUT2D eigenvalue weighted by Gasteiger charge is 2.10. The van der Waals surface area contributed by atoms with Gasteiger partial charge in [0.1, 0.15) is 11.0 Å². The predicted molar refractivity (Wildman–Crippen MR) is 75.9 cm³/mol. The number of rotatable bonds is 2. The zero-order chi connectivity index (χ0) is 14.0. The highest BCUT2D eigenvalue weighted by atomic mass is 35.5. The van der Waals surface area contributed by atoms with Gasteiger partial charge in [-0.25, -0.2) is 9.97 Å². The third-order valence-corrected chi connectivity index (χ3v) is 3.08. The standard InChI is InChI=1S/C13H11Cl2N3O/c1-7-3-8(2)17-11(4-7)18-13(19)9-5-10(14)12(15)16-6-9/h3-6H,1-2H3,(H,17,18,19). The Bertz CT molecular complexity index is 624. The normalized spacial score (nSPS) is 10.3. The van der Waals surface area contributed by atoms with Crippen molar-refractivity contribution >= 4 is 34.9 Å². The highest BCUT2D eigenvalue weighted by molar-refractivity contribution is 6.41. The molecule has 98 valence electrons. The molecule has 2 heterocycles. The van der Waals surface area contributed by atoms with Gasteiger partial charge in [-0.05, 0) is 37.6 Å². The number of halogens is 2. The van der Waals surface area contributed by atoms with Crippen LogP contribution in [0.1, 0.15) is 21.6 Å². The van der Waals surface area contributed by atoms with E-state index in [1.54, 1.807) is 6.07 Å². The first-order valence-corrected chi connectivity index (χ1v) is 6.29. The van der Waals surface area contributed by atoms with Gasteiger partial charge in [0.15, 0.2) is 0 Å². The molecule has 6 heteroatoms. The number of carbonyl (C=O) groups excluding carboxylic acids is 1. The van der Waals surface area contributed by atoms with Crippen molar-refractivity contribution in [3.05, 3.63) is 51.4 Å². The van der Waals surface area contributed by atoms with Gasteiger partial charge < -0.3 is 5.32 Å². The van der Waals surface area contributed by atoms with Gasteiger partial charge in [-0.2, -0.15) is 0 Å². The molecule has 0 saturated carbocycles.